The molecule has 3 aromatic rings. The number of H-pyrrole nitrogens is 1. The molecule has 4 heterocycles. The van der Waals surface area contributed by atoms with Gasteiger partial charge in [-0.1, -0.05) is 0 Å². The highest BCUT2D eigenvalue weighted by molar-refractivity contribution is 5.95. The van der Waals surface area contributed by atoms with Crippen LogP contribution in [0.3, 0.4) is 0 Å². The Morgan fingerprint density at radius 2 is 2.16 bits per heavy atom. The minimum absolute atomic E-state index is 0.122. The van der Waals surface area contributed by atoms with Crippen molar-refractivity contribution in [1.29, 1.82) is 5.26 Å². The summed E-state index contributed by atoms with van der Waals surface area (Å²) in [6, 6.07) is 3.77. The molecule has 0 atom stereocenters. The Kier molecular flexibility index (Phi) is 5.81. The molecule has 11 heteroatoms. The molecule has 0 aliphatic carbocycles. The van der Waals surface area contributed by atoms with Crippen molar-refractivity contribution in [1.82, 2.24) is 24.8 Å². The number of morpholine rings is 1. The molecule has 0 aromatic carbocycles. The SMILES string of the molecule is CCNc1nc(Nc2ncc(C(=O)N3CCOCC3)cc2OC)nc2[nH]cc(C#N)c12. The molecule has 3 N–H and O–H groups in total. The van der Waals surface area contributed by atoms with Gasteiger partial charge in [-0.15, -0.1) is 0 Å². The van der Waals surface area contributed by atoms with Crippen molar-refractivity contribution >= 4 is 34.5 Å². The molecule has 0 radical (unpaired) electrons. The van der Waals surface area contributed by atoms with Gasteiger partial charge in [-0.3, -0.25) is 4.79 Å². The summed E-state index contributed by atoms with van der Waals surface area (Å²) in [5.74, 6) is 1.44. The van der Waals surface area contributed by atoms with Gasteiger partial charge in [0.25, 0.3) is 5.91 Å². The van der Waals surface area contributed by atoms with Gasteiger partial charge in [-0.2, -0.15) is 15.2 Å². The number of nitrogens with zero attached hydrogens (tertiary/aromatic N) is 5. The van der Waals surface area contributed by atoms with Crippen molar-refractivity contribution in [3.05, 3.63) is 29.6 Å². The number of aromatic nitrogens is 4. The molecule has 1 fully saturated rings. The highest BCUT2D eigenvalue weighted by Gasteiger charge is 2.21. The Morgan fingerprint density at radius 3 is 2.87 bits per heavy atom. The van der Waals surface area contributed by atoms with Gasteiger partial charge in [0.2, 0.25) is 5.95 Å². The maximum atomic E-state index is 12.7. The minimum Gasteiger partial charge on any atom is -0.493 e. The van der Waals surface area contributed by atoms with Crippen LogP contribution in [0.2, 0.25) is 0 Å². The largest absolute Gasteiger partial charge is 0.493 e. The number of nitriles is 1. The van der Waals surface area contributed by atoms with Crippen molar-refractivity contribution < 1.29 is 14.3 Å². The van der Waals surface area contributed by atoms with Gasteiger partial charge < -0.3 is 30.0 Å². The van der Waals surface area contributed by atoms with Crippen LogP contribution in [0.5, 0.6) is 5.75 Å². The van der Waals surface area contributed by atoms with Crippen molar-refractivity contribution in [3.8, 4) is 11.8 Å². The molecular formula is C20H22N8O3. The molecule has 4 rings (SSSR count). The molecule has 0 saturated carbocycles. The van der Waals surface area contributed by atoms with Crippen LogP contribution in [0.25, 0.3) is 11.0 Å². The number of fused-ring (bicyclic) bond motifs is 1. The summed E-state index contributed by atoms with van der Waals surface area (Å²) in [5, 5.41) is 16.1. The number of rotatable bonds is 6. The molecule has 0 bridgehead atoms. The number of aromatic amines is 1. The zero-order valence-electron chi connectivity index (χ0n) is 17.2. The molecule has 0 spiro atoms. The van der Waals surface area contributed by atoms with Crippen LogP contribution in [-0.2, 0) is 4.74 Å². The third-order valence-electron chi connectivity index (χ3n) is 4.84. The van der Waals surface area contributed by atoms with Crippen molar-refractivity contribution in [2.24, 2.45) is 0 Å². The fourth-order valence-electron chi connectivity index (χ4n) is 3.34. The third kappa shape index (κ3) is 4.06. The first-order valence-corrected chi connectivity index (χ1v) is 9.85. The second-order valence-electron chi connectivity index (χ2n) is 6.77. The van der Waals surface area contributed by atoms with E-state index in [1.807, 2.05) is 6.92 Å². The molecular weight excluding hydrogens is 400 g/mol. The molecule has 160 valence electrons. The van der Waals surface area contributed by atoms with Crippen molar-refractivity contribution in [3.63, 3.8) is 0 Å². The lowest BCUT2D eigenvalue weighted by Crippen LogP contribution is -2.40. The zero-order chi connectivity index (χ0) is 21.8. The number of methoxy groups -OCH3 is 1. The fraction of sp³-hybridized carbons (Fsp3) is 0.350. The van der Waals surface area contributed by atoms with Crippen molar-refractivity contribution in [2.75, 3.05) is 50.6 Å². The van der Waals surface area contributed by atoms with Crippen LogP contribution in [0.1, 0.15) is 22.8 Å². The first-order valence-electron chi connectivity index (χ1n) is 9.85. The predicted molar refractivity (Wildman–Crippen MR) is 114 cm³/mol. The summed E-state index contributed by atoms with van der Waals surface area (Å²) in [4.78, 5) is 30.7. The molecule has 11 nitrogen and oxygen atoms in total. The number of anilines is 3. The number of nitrogens with one attached hydrogen (secondary N) is 3. The number of hydrogen-bond donors (Lipinski definition) is 3. The molecule has 1 aliphatic heterocycles. The van der Waals surface area contributed by atoms with Crippen LogP contribution >= 0.6 is 0 Å². The standard InChI is InChI=1S/C20H22N8O3/c1-3-22-17-15-13(9-21)11-24-18(15)27-20(26-17)25-16-14(30-2)8-12(10-23-16)19(29)28-4-6-31-7-5-28/h8,10-11H,3-7H2,1-2H3,(H3,22,23,24,25,26,27). The van der Waals surface area contributed by atoms with Crippen LogP contribution in [0.15, 0.2) is 18.5 Å². The van der Waals surface area contributed by atoms with E-state index in [2.05, 4.69) is 36.6 Å². The average Bonchev–Trinajstić information content (AvgIpc) is 3.23. The summed E-state index contributed by atoms with van der Waals surface area (Å²) in [5.41, 5.74) is 1.40. The Balaban J connectivity index is 1.63. The summed E-state index contributed by atoms with van der Waals surface area (Å²) < 4.78 is 10.7. The lowest BCUT2D eigenvalue weighted by atomic mass is 10.2. The maximum absolute atomic E-state index is 12.7. The quantitative estimate of drug-likeness (QED) is 0.543. The first-order chi connectivity index (χ1) is 15.1. The highest BCUT2D eigenvalue weighted by Crippen LogP contribution is 2.29. The number of pyridine rings is 1. The lowest BCUT2D eigenvalue weighted by Gasteiger charge is -2.26. The molecule has 0 unspecified atom stereocenters. The van der Waals surface area contributed by atoms with Crippen LogP contribution in [-0.4, -0.2) is 70.7 Å². The number of carbonyl (C=O) groups excluding carboxylic acids is 1. The second-order valence-corrected chi connectivity index (χ2v) is 6.77. The summed E-state index contributed by atoms with van der Waals surface area (Å²) in [7, 11) is 1.50. The second kappa shape index (κ2) is 8.85. The van der Waals surface area contributed by atoms with Gasteiger partial charge in [0, 0.05) is 32.0 Å². The summed E-state index contributed by atoms with van der Waals surface area (Å²) in [6.07, 6.45) is 3.09. The average molecular weight is 422 g/mol. The Hall–Kier alpha value is -3.91. The van der Waals surface area contributed by atoms with E-state index < -0.39 is 0 Å². The molecule has 1 amide bonds. The molecule has 1 saturated heterocycles. The summed E-state index contributed by atoms with van der Waals surface area (Å²) in [6.45, 7) is 4.70. The van der Waals surface area contributed by atoms with E-state index >= 15 is 0 Å². The van der Waals surface area contributed by atoms with E-state index in [0.717, 1.165) is 0 Å². The maximum Gasteiger partial charge on any atom is 0.255 e. The number of ether oxygens (including phenoxy) is 2. The van der Waals surface area contributed by atoms with Crippen LogP contribution in [0, 0.1) is 11.3 Å². The van der Waals surface area contributed by atoms with E-state index in [-0.39, 0.29) is 11.9 Å². The van der Waals surface area contributed by atoms with Gasteiger partial charge in [0.15, 0.2) is 11.6 Å². The van der Waals surface area contributed by atoms with Gasteiger partial charge in [-0.25, -0.2) is 4.98 Å². The molecule has 3 aromatic heterocycles. The Labute approximate surface area is 178 Å². The number of amides is 1. The van der Waals surface area contributed by atoms with E-state index in [4.69, 9.17) is 9.47 Å². The normalized spacial score (nSPS) is 13.6. The monoisotopic (exact) mass is 422 g/mol. The number of hydrogen-bond acceptors (Lipinski definition) is 9. The van der Waals surface area contributed by atoms with Gasteiger partial charge in [-0.05, 0) is 13.0 Å². The van der Waals surface area contributed by atoms with Crippen LogP contribution < -0.4 is 15.4 Å². The molecule has 1 aliphatic rings. The highest BCUT2D eigenvalue weighted by atomic mass is 16.5. The predicted octanol–water partition coefficient (Wildman–Crippen LogP) is 1.88. The molecule has 31 heavy (non-hydrogen) atoms. The van der Waals surface area contributed by atoms with E-state index in [1.54, 1.807) is 17.2 Å². The van der Waals surface area contributed by atoms with E-state index in [1.165, 1.54) is 13.3 Å². The summed E-state index contributed by atoms with van der Waals surface area (Å²) >= 11 is 0. The first kappa shape index (κ1) is 20.4. The van der Waals surface area contributed by atoms with E-state index in [0.29, 0.717) is 72.4 Å². The fourth-order valence-corrected chi connectivity index (χ4v) is 3.34. The van der Waals surface area contributed by atoms with E-state index in [9.17, 15) is 10.1 Å². The van der Waals surface area contributed by atoms with Gasteiger partial charge >= 0.3 is 0 Å². The topological polar surface area (TPSA) is 141 Å². The van der Waals surface area contributed by atoms with Gasteiger partial charge in [0.1, 0.15) is 17.5 Å². The van der Waals surface area contributed by atoms with Crippen molar-refractivity contribution in [2.45, 2.75) is 6.92 Å². The van der Waals surface area contributed by atoms with Gasteiger partial charge in [0.05, 0.1) is 36.8 Å². The minimum atomic E-state index is -0.122. The third-order valence-corrected chi connectivity index (χ3v) is 4.84. The lowest BCUT2D eigenvalue weighted by molar-refractivity contribution is 0.0302. The Bertz CT molecular complexity index is 1150. The Morgan fingerprint density at radius 1 is 1.35 bits per heavy atom. The number of carbonyl (C=O) groups is 1. The van der Waals surface area contributed by atoms with Crippen LogP contribution in [0.4, 0.5) is 17.6 Å². The zero-order valence-corrected chi connectivity index (χ0v) is 17.2. The smallest absolute Gasteiger partial charge is 0.255 e.